The number of hydrogen-bond acceptors (Lipinski definition) is 9. The SMILES string of the molecule is C=CC(=O)N1CCN(c2nc(OCC3CCCN3C)nc3c(F)c(-c4ccc(F)c5c4SCCC5)ncc23)CC1CC#N. The molecule has 3 aliphatic rings. The van der Waals surface area contributed by atoms with Gasteiger partial charge in [0.2, 0.25) is 5.91 Å². The van der Waals surface area contributed by atoms with Crippen molar-refractivity contribution >= 4 is 34.4 Å². The number of likely N-dealkylation sites (tertiary alicyclic amines) is 1. The first-order chi connectivity index (χ1) is 20.9. The molecule has 0 spiro atoms. The number of rotatable bonds is 7. The molecule has 2 saturated heterocycles. The van der Waals surface area contributed by atoms with Gasteiger partial charge in [0.25, 0.3) is 0 Å². The molecule has 2 unspecified atom stereocenters. The van der Waals surface area contributed by atoms with Crippen molar-refractivity contribution in [3.8, 4) is 23.3 Å². The van der Waals surface area contributed by atoms with Crippen molar-refractivity contribution in [2.45, 2.75) is 49.1 Å². The summed E-state index contributed by atoms with van der Waals surface area (Å²) in [5, 5.41) is 9.87. The molecule has 5 heterocycles. The average molecular weight is 606 g/mol. The van der Waals surface area contributed by atoms with E-state index in [1.165, 1.54) is 23.9 Å². The maximum absolute atomic E-state index is 16.5. The number of pyridine rings is 1. The number of amides is 1. The molecule has 9 nitrogen and oxygen atoms in total. The third kappa shape index (κ3) is 5.63. The topological polar surface area (TPSA) is 98.5 Å². The van der Waals surface area contributed by atoms with Crippen molar-refractivity contribution in [2.24, 2.45) is 0 Å². The van der Waals surface area contributed by atoms with Crippen LogP contribution in [0.5, 0.6) is 6.01 Å². The maximum atomic E-state index is 16.5. The summed E-state index contributed by atoms with van der Waals surface area (Å²) in [4.78, 5) is 32.8. The Balaban J connectivity index is 1.43. The van der Waals surface area contributed by atoms with Gasteiger partial charge in [-0.1, -0.05) is 6.58 Å². The van der Waals surface area contributed by atoms with Gasteiger partial charge in [-0.3, -0.25) is 9.78 Å². The lowest BCUT2D eigenvalue weighted by atomic mass is 10.0. The zero-order valence-corrected chi connectivity index (χ0v) is 24.9. The Bertz CT molecular complexity index is 1610. The lowest BCUT2D eigenvalue weighted by Crippen LogP contribution is -2.55. The van der Waals surface area contributed by atoms with Crippen LogP contribution in [-0.2, 0) is 11.2 Å². The van der Waals surface area contributed by atoms with Crippen LogP contribution in [0.4, 0.5) is 14.6 Å². The minimum atomic E-state index is -0.627. The number of benzene rings is 1. The zero-order chi connectivity index (χ0) is 30.1. The lowest BCUT2D eigenvalue weighted by molar-refractivity contribution is -0.128. The van der Waals surface area contributed by atoms with Gasteiger partial charge in [0, 0.05) is 47.9 Å². The van der Waals surface area contributed by atoms with Gasteiger partial charge in [-0.15, -0.1) is 11.8 Å². The van der Waals surface area contributed by atoms with Crippen LogP contribution in [0.3, 0.4) is 0 Å². The number of carbonyl (C=O) groups excluding carboxylic acids is 1. The van der Waals surface area contributed by atoms with Crippen LogP contribution in [-0.4, -0.2) is 88.3 Å². The molecule has 1 aromatic carbocycles. The van der Waals surface area contributed by atoms with E-state index in [0.29, 0.717) is 55.0 Å². The highest BCUT2D eigenvalue weighted by molar-refractivity contribution is 7.99. The van der Waals surface area contributed by atoms with Gasteiger partial charge >= 0.3 is 6.01 Å². The molecule has 2 atom stereocenters. The van der Waals surface area contributed by atoms with Crippen LogP contribution < -0.4 is 9.64 Å². The van der Waals surface area contributed by atoms with Crippen molar-refractivity contribution in [3.63, 3.8) is 0 Å². The number of nitrogens with zero attached hydrogens (tertiary/aromatic N) is 7. The van der Waals surface area contributed by atoms with Gasteiger partial charge < -0.3 is 19.4 Å². The minimum Gasteiger partial charge on any atom is -0.462 e. The molecule has 12 heteroatoms. The number of fused-ring (bicyclic) bond motifs is 2. The van der Waals surface area contributed by atoms with E-state index in [-0.39, 0.29) is 41.4 Å². The van der Waals surface area contributed by atoms with Gasteiger partial charge in [-0.25, -0.2) is 8.78 Å². The molecule has 0 N–H and O–H groups in total. The summed E-state index contributed by atoms with van der Waals surface area (Å²) >= 11 is 1.52. The summed E-state index contributed by atoms with van der Waals surface area (Å²) in [7, 11) is 2.05. The second-order valence-corrected chi connectivity index (χ2v) is 12.3. The highest BCUT2D eigenvalue weighted by Crippen LogP contribution is 2.41. The standard InChI is InChI=1S/C31H33F2N7O2S/c1-3-25(41)40-14-13-39(17-19(40)10-11-34)30-23-16-35-27(22-8-9-24(32)21-7-5-15-43-29(21)22)26(33)28(23)36-31(37-30)42-18-20-6-4-12-38(20)2/h3,8-9,16,19-20H,1,4-7,10,12-15,17-18H2,2H3. The van der Waals surface area contributed by atoms with Gasteiger partial charge in [-0.05, 0) is 63.2 Å². The Labute approximate surface area is 253 Å². The van der Waals surface area contributed by atoms with Crippen LogP contribution in [0.25, 0.3) is 22.2 Å². The number of thioether (sulfide) groups is 1. The maximum Gasteiger partial charge on any atom is 0.319 e. The first kappa shape index (κ1) is 29.3. The number of likely N-dealkylation sites (N-methyl/N-ethyl adjacent to an activating group) is 1. The van der Waals surface area contributed by atoms with E-state index >= 15 is 4.39 Å². The number of anilines is 1. The fraction of sp³-hybridized carbons (Fsp3) is 0.452. The van der Waals surface area contributed by atoms with Gasteiger partial charge in [0.05, 0.1) is 23.9 Å². The molecular formula is C31H33F2N7O2S. The number of aromatic nitrogens is 3. The Morgan fingerprint density at radius 3 is 2.86 bits per heavy atom. The monoisotopic (exact) mass is 605 g/mol. The van der Waals surface area contributed by atoms with E-state index in [9.17, 15) is 14.4 Å². The second kappa shape index (κ2) is 12.4. The van der Waals surface area contributed by atoms with Gasteiger partial charge in [-0.2, -0.15) is 15.2 Å². The Morgan fingerprint density at radius 1 is 1.23 bits per heavy atom. The van der Waals surface area contributed by atoms with E-state index in [4.69, 9.17) is 9.72 Å². The summed E-state index contributed by atoms with van der Waals surface area (Å²) in [5.74, 6) is 0.100. The molecule has 0 radical (unpaired) electrons. The molecule has 43 heavy (non-hydrogen) atoms. The number of piperazine rings is 1. The third-order valence-electron chi connectivity index (χ3n) is 8.56. The smallest absolute Gasteiger partial charge is 0.319 e. The van der Waals surface area contributed by atoms with Crippen LogP contribution >= 0.6 is 11.8 Å². The second-order valence-electron chi connectivity index (χ2n) is 11.2. The van der Waals surface area contributed by atoms with E-state index in [2.05, 4.69) is 27.5 Å². The first-order valence-electron chi connectivity index (χ1n) is 14.6. The fourth-order valence-electron chi connectivity index (χ4n) is 6.22. The molecule has 3 aromatic rings. The quantitative estimate of drug-likeness (QED) is 0.358. The number of nitriles is 1. The predicted molar refractivity (Wildman–Crippen MR) is 161 cm³/mol. The zero-order valence-electron chi connectivity index (χ0n) is 24.1. The van der Waals surface area contributed by atoms with E-state index in [1.54, 1.807) is 17.2 Å². The minimum absolute atomic E-state index is 0.0517. The summed E-state index contributed by atoms with van der Waals surface area (Å²) < 4.78 is 37.3. The Morgan fingerprint density at radius 2 is 2.09 bits per heavy atom. The molecule has 3 aliphatic heterocycles. The predicted octanol–water partition coefficient (Wildman–Crippen LogP) is 4.60. The fourth-order valence-corrected chi connectivity index (χ4v) is 7.41. The average Bonchev–Trinajstić information content (AvgIpc) is 3.44. The third-order valence-corrected chi connectivity index (χ3v) is 9.81. The molecule has 2 aromatic heterocycles. The Kier molecular flexibility index (Phi) is 8.45. The van der Waals surface area contributed by atoms with E-state index in [1.807, 2.05) is 11.9 Å². The molecule has 224 valence electrons. The summed E-state index contributed by atoms with van der Waals surface area (Å²) in [6.07, 6.45) is 6.45. The van der Waals surface area contributed by atoms with Crippen molar-refractivity contribution < 1.29 is 18.3 Å². The van der Waals surface area contributed by atoms with E-state index < -0.39 is 11.9 Å². The first-order valence-corrected chi connectivity index (χ1v) is 15.6. The van der Waals surface area contributed by atoms with E-state index in [0.717, 1.165) is 36.5 Å². The van der Waals surface area contributed by atoms with Crippen molar-refractivity contribution in [1.82, 2.24) is 24.8 Å². The number of carbonyl (C=O) groups is 1. The molecule has 2 fully saturated rings. The molecule has 0 aliphatic carbocycles. The molecule has 6 rings (SSSR count). The summed E-state index contributed by atoms with van der Waals surface area (Å²) in [6.45, 7) is 6.00. The Hall–Kier alpha value is -3.82. The van der Waals surface area contributed by atoms with Crippen molar-refractivity contribution in [2.75, 3.05) is 50.5 Å². The van der Waals surface area contributed by atoms with Gasteiger partial charge in [0.15, 0.2) is 5.82 Å². The van der Waals surface area contributed by atoms with Crippen molar-refractivity contribution in [3.05, 3.63) is 48.2 Å². The molecule has 0 saturated carbocycles. The van der Waals surface area contributed by atoms with Crippen LogP contribution in [0.1, 0.15) is 31.2 Å². The highest BCUT2D eigenvalue weighted by atomic mass is 32.2. The van der Waals surface area contributed by atoms with Crippen LogP contribution in [0.2, 0.25) is 0 Å². The van der Waals surface area contributed by atoms with Crippen LogP contribution in [0.15, 0.2) is 35.9 Å². The largest absolute Gasteiger partial charge is 0.462 e. The molecule has 0 bridgehead atoms. The number of halogens is 2. The normalized spacial score (nSPS) is 20.6. The van der Waals surface area contributed by atoms with Crippen LogP contribution in [0, 0.1) is 23.0 Å². The van der Waals surface area contributed by atoms with Gasteiger partial charge in [0.1, 0.15) is 29.5 Å². The molecular weight excluding hydrogens is 572 g/mol. The summed E-state index contributed by atoms with van der Waals surface area (Å²) in [5.41, 5.74) is 1.30. The lowest BCUT2D eigenvalue weighted by Gasteiger charge is -2.41. The number of ether oxygens (including phenoxy) is 1. The number of hydrogen-bond donors (Lipinski definition) is 0. The molecule has 1 amide bonds. The highest BCUT2D eigenvalue weighted by Gasteiger charge is 2.32. The summed E-state index contributed by atoms with van der Waals surface area (Å²) in [6, 6.07) is 4.99. The van der Waals surface area contributed by atoms with Crippen molar-refractivity contribution in [1.29, 1.82) is 5.26 Å².